The van der Waals surface area contributed by atoms with Crippen molar-refractivity contribution in [2.24, 2.45) is 5.92 Å². The van der Waals surface area contributed by atoms with Crippen LogP contribution in [0.2, 0.25) is 0 Å². The number of carbonyl (C=O) groups is 1. The summed E-state index contributed by atoms with van der Waals surface area (Å²) in [4.78, 5) is 16.7. The third kappa shape index (κ3) is 5.49. The fourth-order valence-electron chi connectivity index (χ4n) is 2.57. The van der Waals surface area contributed by atoms with Gasteiger partial charge in [0, 0.05) is 26.2 Å². The number of hydrogen-bond donors (Lipinski definition) is 1. The smallest absolute Gasteiger partial charge is 0.239 e. The standard InChI is InChI=1S/C15H31N3O/c1-5-17(6-2)12-9-16-14(4)15(19)18-10-7-13(3)8-11-18/h13-14,16H,5-12H2,1-4H3/t14-/m0/s1. The van der Waals surface area contributed by atoms with E-state index in [2.05, 4.69) is 31.0 Å². The van der Waals surface area contributed by atoms with Gasteiger partial charge in [0.15, 0.2) is 0 Å². The molecule has 0 aromatic rings. The molecule has 1 amide bonds. The van der Waals surface area contributed by atoms with Crippen molar-refractivity contribution in [3.8, 4) is 0 Å². The summed E-state index contributed by atoms with van der Waals surface area (Å²) in [6.07, 6.45) is 2.30. The van der Waals surface area contributed by atoms with Gasteiger partial charge in [0.05, 0.1) is 6.04 Å². The van der Waals surface area contributed by atoms with Gasteiger partial charge in [-0.15, -0.1) is 0 Å². The average molecular weight is 269 g/mol. The van der Waals surface area contributed by atoms with Crippen LogP contribution in [0.15, 0.2) is 0 Å². The second-order valence-electron chi connectivity index (χ2n) is 5.71. The first kappa shape index (κ1) is 16.4. The monoisotopic (exact) mass is 269 g/mol. The Bertz CT molecular complexity index is 258. The lowest BCUT2D eigenvalue weighted by Gasteiger charge is -2.32. The van der Waals surface area contributed by atoms with Gasteiger partial charge in [-0.05, 0) is 38.8 Å². The zero-order valence-electron chi connectivity index (χ0n) is 13.1. The lowest BCUT2D eigenvalue weighted by molar-refractivity contribution is -0.134. The minimum atomic E-state index is -0.0519. The van der Waals surface area contributed by atoms with Gasteiger partial charge in [0.2, 0.25) is 5.91 Å². The van der Waals surface area contributed by atoms with Gasteiger partial charge in [-0.3, -0.25) is 4.79 Å². The fraction of sp³-hybridized carbons (Fsp3) is 0.933. The molecule has 0 unspecified atom stereocenters. The van der Waals surface area contributed by atoms with Gasteiger partial charge in [0.25, 0.3) is 0 Å². The predicted octanol–water partition coefficient (Wildman–Crippen LogP) is 1.56. The number of piperidine rings is 1. The highest BCUT2D eigenvalue weighted by atomic mass is 16.2. The van der Waals surface area contributed by atoms with Crippen LogP contribution in [-0.4, -0.2) is 61.0 Å². The van der Waals surface area contributed by atoms with Crippen molar-refractivity contribution < 1.29 is 4.79 Å². The SMILES string of the molecule is CCN(CC)CCN[C@@H](C)C(=O)N1CCC(C)CC1. The number of rotatable bonds is 7. The molecule has 0 aromatic heterocycles. The molecule has 1 atom stereocenters. The molecule has 1 saturated heterocycles. The van der Waals surface area contributed by atoms with Gasteiger partial charge >= 0.3 is 0 Å². The Hall–Kier alpha value is -0.610. The molecule has 0 aromatic carbocycles. The van der Waals surface area contributed by atoms with E-state index < -0.39 is 0 Å². The van der Waals surface area contributed by atoms with Crippen molar-refractivity contribution >= 4 is 5.91 Å². The van der Waals surface area contributed by atoms with Crippen molar-refractivity contribution in [3.05, 3.63) is 0 Å². The fourth-order valence-corrected chi connectivity index (χ4v) is 2.57. The van der Waals surface area contributed by atoms with Gasteiger partial charge in [-0.2, -0.15) is 0 Å². The largest absolute Gasteiger partial charge is 0.341 e. The molecule has 4 heteroatoms. The molecule has 112 valence electrons. The predicted molar refractivity (Wildman–Crippen MR) is 80.2 cm³/mol. The van der Waals surface area contributed by atoms with Crippen LogP contribution in [0, 0.1) is 5.92 Å². The number of likely N-dealkylation sites (tertiary alicyclic amines) is 1. The summed E-state index contributed by atoms with van der Waals surface area (Å²) in [5.41, 5.74) is 0. The minimum Gasteiger partial charge on any atom is -0.341 e. The summed E-state index contributed by atoms with van der Waals surface area (Å²) >= 11 is 0. The van der Waals surface area contributed by atoms with Crippen LogP contribution in [0.25, 0.3) is 0 Å². The molecule has 1 aliphatic rings. The molecular formula is C15H31N3O. The number of carbonyl (C=O) groups excluding carboxylic acids is 1. The van der Waals surface area contributed by atoms with Crippen LogP contribution in [0.4, 0.5) is 0 Å². The molecular weight excluding hydrogens is 238 g/mol. The summed E-state index contributed by atoms with van der Waals surface area (Å²) < 4.78 is 0. The van der Waals surface area contributed by atoms with Crippen molar-refractivity contribution in [1.82, 2.24) is 15.1 Å². The number of hydrogen-bond acceptors (Lipinski definition) is 3. The summed E-state index contributed by atoms with van der Waals surface area (Å²) in [5.74, 6) is 1.04. The second kappa shape index (κ2) is 8.54. The summed E-state index contributed by atoms with van der Waals surface area (Å²) in [5, 5.41) is 3.36. The highest BCUT2D eigenvalue weighted by Crippen LogP contribution is 2.16. The third-order valence-electron chi connectivity index (χ3n) is 4.24. The van der Waals surface area contributed by atoms with E-state index in [0.717, 1.165) is 58.0 Å². The van der Waals surface area contributed by atoms with Crippen molar-refractivity contribution in [2.75, 3.05) is 39.3 Å². The molecule has 1 heterocycles. The molecule has 4 nitrogen and oxygen atoms in total. The van der Waals surface area contributed by atoms with Crippen LogP contribution in [-0.2, 0) is 4.79 Å². The molecule has 1 N–H and O–H groups in total. The van der Waals surface area contributed by atoms with Crippen LogP contribution in [0.5, 0.6) is 0 Å². The van der Waals surface area contributed by atoms with E-state index in [-0.39, 0.29) is 11.9 Å². The molecule has 1 rings (SSSR count). The van der Waals surface area contributed by atoms with Gasteiger partial charge in [0.1, 0.15) is 0 Å². The van der Waals surface area contributed by atoms with E-state index in [1.165, 1.54) is 0 Å². The highest BCUT2D eigenvalue weighted by molar-refractivity contribution is 5.81. The molecule has 1 aliphatic heterocycles. The summed E-state index contributed by atoms with van der Waals surface area (Å²) in [6, 6.07) is -0.0519. The highest BCUT2D eigenvalue weighted by Gasteiger charge is 2.23. The number of nitrogens with one attached hydrogen (secondary N) is 1. The maximum Gasteiger partial charge on any atom is 0.239 e. The Balaban J connectivity index is 2.25. The van der Waals surface area contributed by atoms with E-state index in [1.54, 1.807) is 0 Å². The van der Waals surface area contributed by atoms with E-state index in [4.69, 9.17) is 0 Å². The first-order chi connectivity index (χ1) is 9.08. The van der Waals surface area contributed by atoms with Gasteiger partial charge < -0.3 is 15.1 Å². The topological polar surface area (TPSA) is 35.6 Å². The van der Waals surface area contributed by atoms with Crippen LogP contribution < -0.4 is 5.32 Å². The zero-order chi connectivity index (χ0) is 14.3. The zero-order valence-corrected chi connectivity index (χ0v) is 13.1. The normalized spacial score (nSPS) is 18.9. The number of amides is 1. The summed E-state index contributed by atoms with van der Waals surface area (Å²) in [7, 11) is 0. The van der Waals surface area contributed by atoms with Crippen LogP contribution >= 0.6 is 0 Å². The maximum atomic E-state index is 12.3. The Morgan fingerprint density at radius 1 is 1.32 bits per heavy atom. The number of likely N-dealkylation sites (N-methyl/N-ethyl adjacent to an activating group) is 1. The van der Waals surface area contributed by atoms with Gasteiger partial charge in [-0.1, -0.05) is 20.8 Å². The molecule has 1 fully saturated rings. The first-order valence-electron chi connectivity index (χ1n) is 7.83. The maximum absolute atomic E-state index is 12.3. The van der Waals surface area contributed by atoms with E-state index in [9.17, 15) is 4.79 Å². The Kier molecular flexibility index (Phi) is 7.39. The quantitative estimate of drug-likeness (QED) is 0.762. The van der Waals surface area contributed by atoms with Crippen molar-refractivity contribution in [3.63, 3.8) is 0 Å². The third-order valence-corrected chi connectivity index (χ3v) is 4.24. The molecule has 0 spiro atoms. The summed E-state index contributed by atoms with van der Waals surface area (Å²) in [6.45, 7) is 14.5. The van der Waals surface area contributed by atoms with E-state index in [0.29, 0.717) is 0 Å². The average Bonchev–Trinajstić information content (AvgIpc) is 2.43. The van der Waals surface area contributed by atoms with E-state index >= 15 is 0 Å². The molecule has 0 saturated carbocycles. The van der Waals surface area contributed by atoms with Crippen LogP contribution in [0.3, 0.4) is 0 Å². The number of nitrogens with zero attached hydrogens (tertiary/aromatic N) is 2. The minimum absolute atomic E-state index is 0.0519. The Labute approximate surface area is 118 Å². The molecule has 0 aliphatic carbocycles. The molecule has 0 radical (unpaired) electrons. The molecule has 19 heavy (non-hydrogen) atoms. The Morgan fingerprint density at radius 2 is 1.89 bits per heavy atom. The Morgan fingerprint density at radius 3 is 2.42 bits per heavy atom. The van der Waals surface area contributed by atoms with Crippen LogP contribution in [0.1, 0.15) is 40.5 Å². The van der Waals surface area contributed by atoms with Gasteiger partial charge in [-0.25, -0.2) is 0 Å². The lowest BCUT2D eigenvalue weighted by Crippen LogP contribution is -2.49. The molecule has 0 bridgehead atoms. The second-order valence-corrected chi connectivity index (χ2v) is 5.71. The lowest BCUT2D eigenvalue weighted by atomic mass is 9.99. The first-order valence-corrected chi connectivity index (χ1v) is 7.83. The van der Waals surface area contributed by atoms with Crippen molar-refractivity contribution in [1.29, 1.82) is 0 Å². The van der Waals surface area contributed by atoms with E-state index in [1.807, 2.05) is 11.8 Å². The van der Waals surface area contributed by atoms with Crippen molar-refractivity contribution in [2.45, 2.75) is 46.6 Å².